The van der Waals surface area contributed by atoms with Crippen LogP contribution in [0.15, 0.2) is 12.2 Å². The van der Waals surface area contributed by atoms with E-state index in [9.17, 15) is 14.7 Å². The molecule has 23 heavy (non-hydrogen) atoms. The highest BCUT2D eigenvalue weighted by atomic mass is 16.5. The maximum atomic E-state index is 12.2. The summed E-state index contributed by atoms with van der Waals surface area (Å²) in [6, 6.07) is 0. The fraction of sp³-hybridized carbons (Fsp3) is 0.765. The Bertz CT molecular complexity index is 437. The largest absolute Gasteiger partial charge is 0.466 e. The van der Waals surface area contributed by atoms with Gasteiger partial charge < -0.3 is 19.3 Å². The highest BCUT2D eigenvalue weighted by Gasteiger charge is 2.39. The molecule has 0 aliphatic heterocycles. The van der Waals surface area contributed by atoms with E-state index in [-0.39, 0.29) is 31.2 Å². The molecule has 0 radical (unpaired) electrons. The first-order valence-electron chi connectivity index (χ1n) is 7.98. The molecule has 0 saturated carbocycles. The van der Waals surface area contributed by atoms with Crippen LogP contribution in [0, 0.1) is 11.8 Å². The zero-order valence-electron chi connectivity index (χ0n) is 14.6. The molecule has 0 spiro atoms. The zero-order chi connectivity index (χ0) is 17.6. The Labute approximate surface area is 137 Å². The smallest absolute Gasteiger partial charge is 0.312 e. The van der Waals surface area contributed by atoms with Crippen molar-refractivity contribution in [3.05, 3.63) is 12.2 Å². The topological polar surface area (TPSA) is 82.1 Å². The maximum absolute atomic E-state index is 12.2. The van der Waals surface area contributed by atoms with Gasteiger partial charge in [0, 0.05) is 6.92 Å². The normalized spacial score (nSPS) is 23.4. The zero-order valence-corrected chi connectivity index (χ0v) is 14.6. The van der Waals surface area contributed by atoms with Crippen LogP contribution in [-0.4, -0.2) is 48.1 Å². The summed E-state index contributed by atoms with van der Waals surface area (Å²) in [5, 5.41) is 10.4. The first-order chi connectivity index (χ1) is 10.6. The lowest BCUT2D eigenvalue weighted by Gasteiger charge is -2.29. The predicted octanol–water partition coefficient (Wildman–Crippen LogP) is 1.85. The van der Waals surface area contributed by atoms with E-state index in [4.69, 9.17) is 14.2 Å². The third-order valence-corrected chi connectivity index (χ3v) is 3.52. The van der Waals surface area contributed by atoms with Crippen molar-refractivity contribution in [3.8, 4) is 0 Å². The van der Waals surface area contributed by atoms with Crippen molar-refractivity contribution in [1.29, 1.82) is 0 Å². The summed E-state index contributed by atoms with van der Waals surface area (Å²) in [5.41, 5.74) is -0.411. The van der Waals surface area contributed by atoms with Gasteiger partial charge in [-0.15, -0.1) is 0 Å². The van der Waals surface area contributed by atoms with Gasteiger partial charge in [0.2, 0.25) is 0 Å². The van der Waals surface area contributed by atoms with E-state index in [1.807, 2.05) is 20.8 Å². The van der Waals surface area contributed by atoms with Crippen LogP contribution in [-0.2, 0) is 23.8 Å². The number of carbonyl (C=O) groups excluding carboxylic acids is 2. The van der Waals surface area contributed by atoms with E-state index >= 15 is 0 Å². The molecule has 0 fully saturated rings. The van der Waals surface area contributed by atoms with Gasteiger partial charge in [0.15, 0.2) is 0 Å². The molecule has 1 N–H and O–H groups in total. The van der Waals surface area contributed by atoms with Crippen LogP contribution in [0.5, 0.6) is 0 Å². The molecule has 6 nitrogen and oxygen atoms in total. The average Bonchev–Trinajstić information content (AvgIpc) is 2.83. The summed E-state index contributed by atoms with van der Waals surface area (Å²) < 4.78 is 15.8. The summed E-state index contributed by atoms with van der Waals surface area (Å²) >= 11 is 0. The average molecular weight is 328 g/mol. The number of aliphatic hydroxyl groups is 1. The molecule has 0 saturated heterocycles. The Morgan fingerprint density at radius 2 is 1.96 bits per heavy atom. The van der Waals surface area contributed by atoms with Gasteiger partial charge in [-0.2, -0.15) is 0 Å². The van der Waals surface area contributed by atoms with E-state index in [1.165, 1.54) is 6.92 Å². The van der Waals surface area contributed by atoms with E-state index in [0.717, 1.165) is 0 Å². The number of carbonyl (C=O) groups is 2. The van der Waals surface area contributed by atoms with Gasteiger partial charge in [0.1, 0.15) is 6.10 Å². The molecule has 0 aromatic heterocycles. The summed E-state index contributed by atoms with van der Waals surface area (Å²) in [6.07, 6.45) is 2.64. The van der Waals surface area contributed by atoms with Crippen molar-refractivity contribution in [2.75, 3.05) is 13.2 Å². The number of hydrogen-bond acceptors (Lipinski definition) is 6. The van der Waals surface area contributed by atoms with Gasteiger partial charge in [-0.1, -0.05) is 6.08 Å². The molecule has 6 heteroatoms. The van der Waals surface area contributed by atoms with Gasteiger partial charge in [0.05, 0.1) is 30.8 Å². The third kappa shape index (κ3) is 6.71. The predicted molar refractivity (Wildman–Crippen MR) is 84.6 cm³/mol. The molecule has 0 aromatic carbocycles. The van der Waals surface area contributed by atoms with Crippen molar-refractivity contribution >= 4 is 11.9 Å². The molecule has 1 rings (SSSR count). The summed E-state index contributed by atoms with van der Waals surface area (Å²) in [5.74, 6) is -1.83. The summed E-state index contributed by atoms with van der Waals surface area (Å²) in [7, 11) is 0. The van der Waals surface area contributed by atoms with Crippen molar-refractivity contribution in [2.24, 2.45) is 11.8 Å². The van der Waals surface area contributed by atoms with E-state index in [2.05, 4.69) is 0 Å². The second kappa shape index (κ2) is 8.45. The van der Waals surface area contributed by atoms with Crippen molar-refractivity contribution in [3.63, 3.8) is 0 Å². The lowest BCUT2D eigenvalue weighted by atomic mass is 9.87. The monoisotopic (exact) mass is 328 g/mol. The number of ether oxygens (including phenoxy) is 3. The highest BCUT2D eigenvalue weighted by molar-refractivity contribution is 5.74. The summed E-state index contributed by atoms with van der Waals surface area (Å²) in [4.78, 5) is 23.3. The van der Waals surface area contributed by atoms with E-state index < -0.39 is 23.6 Å². The SMILES string of the molecule is CCOC(=O)C([C@H](O)COC(C)(C)C)[C@@H]1C=C[C@H](OC(C)=O)C1. The third-order valence-electron chi connectivity index (χ3n) is 3.52. The minimum absolute atomic E-state index is 0.0373. The molecular weight excluding hydrogens is 300 g/mol. The Kier molecular flexibility index (Phi) is 7.22. The van der Waals surface area contributed by atoms with Gasteiger partial charge in [-0.3, -0.25) is 9.59 Å². The van der Waals surface area contributed by atoms with E-state index in [0.29, 0.717) is 6.42 Å². The van der Waals surface area contributed by atoms with Crippen LogP contribution >= 0.6 is 0 Å². The van der Waals surface area contributed by atoms with Crippen LogP contribution in [0.25, 0.3) is 0 Å². The first kappa shape index (κ1) is 19.6. The number of rotatable bonds is 7. The molecule has 4 atom stereocenters. The highest BCUT2D eigenvalue weighted by Crippen LogP contribution is 2.31. The second-order valence-electron chi connectivity index (χ2n) is 6.70. The van der Waals surface area contributed by atoms with Crippen LogP contribution in [0.2, 0.25) is 0 Å². The van der Waals surface area contributed by atoms with Gasteiger partial charge in [0.25, 0.3) is 0 Å². The van der Waals surface area contributed by atoms with Crippen LogP contribution in [0.3, 0.4) is 0 Å². The van der Waals surface area contributed by atoms with Crippen molar-refractivity contribution in [1.82, 2.24) is 0 Å². The lowest BCUT2D eigenvalue weighted by molar-refractivity contribution is -0.158. The Morgan fingerprint density at radius 1 is 1.30 bits per heavy atom. The Morgan fingerprint density at radius 3 is 2.48 bits per heavy atom. The fourth-order valence-electron chi connectivity index (χ4n) is 2.55. The molecule has 0 aromatic rings. The maximum Gasteiger partial charge on any atom is 0.312 e. The molecule has 1 aliphatic rings. The molecule has 0 amide bonds. The second-order valence-corrected chi connectivity index (χ2v) is 6.70. The first-order valence-corrected chi connectivity index (χ1v) is 7.98. The van der Waals surface area contributed by atoms with Gasteiger partial charge in [-0.25, -0.2) is 0 Å². The molecular formula is C17H28O6. The summed E-state index contributed by atoms with van der Waals surface area (Å²) in [6.45, 7) is 8.98. The van der Waals surface area contributed by atoms with E-state index in [1.54, 1.807) is 19.1 Å². The van der Waals surface area contributed by atoms with Gasteiger partial charge >= 0.3 is 11.9 Å². The van der Waals surface area contributed by atoms with Gasteiger partial charge in [-0.05, 0) is 46.1 Å². The van der Waals surface area contributed by atoms with Crippen molar-refractivity contribution < 1.29 is 28.9 Å². The Hall–Kier alpha value is -1.40. The molecule has 0 heterocycles. The number of aliphatic hydroxyl groups excluding tert-OH is 1. The van der Waals surface area contributed by atoms with Crippen LogP contribution in [0.4, 0.5) is 0 Å². The Balaban J connectivity index is 2.75. The van der Waals surface area contributed by atoms with Crippen LogP contribution in [0.1, 0.15) is 41.0 Å². The molecule has 0 bridgehead atoms. The number of esters is 2. The standard InChI is InChI=1S/C17H28O6/c1-6-21-16(20)15(14(19)10-22-17(3,4)5)12-7-8-13(9-12)23-11(2)18/h7-8,12-15,19H,6,9-10H2,1-5H3/t12-,13+,14-,15?/m1/s1. The number of hydrogen-bond donors (Lipinski definition) is 1. The number of allylic oxidation sites excluding steroid dienone is 1. The quantitative estimate of drug-likeness (QED) is 0.567. The molecule has 1 aliphatic carbocycles. The molecule has 132 valence electrons. The van der Waals surface area contributed by atoms with Crippen LogP contribution < -0.4 is 0 Å². The molecule has 1 unspecified atom stereocenters. The minimum Gasteiger partial charge on any atom is -0.466 e. The lowest BCUT2D eigenvalue weighted by Crippen LogP contribution is -2.40. The fourth-order valence-corrected chi connectivity index (χ4v) is 2.55. The van der Waals surface area contributed by atoms with Crippen molar-refractivity contribution in [2.45, 2.75) is 58.8 Å². The minimum atomic E-state index is -0.987.